The third-order valence-electron chi connectivity index (χ3n) is 6.47. The number of hydrogen-bond donors (Lipinski definition) is 1. The highest BCUT2D eigenvalue weighted by Gasteiger charge is 2.31. The summed E-state index contributed by atoms with van der Waals surface area (Å²) in [7, 11) is 1.49. The van der Waals surface area contributed by atoms with Gasteiger partial charge in [-0.05, 0) is 24.6 Å². The molecule has 0 spiro atoms. The molecule has 0 radical (unpaired) electrons. The second kappa shape index (κ2) is 11.6. The molecule has 2 bridgehead atoms. The molecule has 4 heterocycles. The van der Waals surface area contributed by atoms with Crippen LogP contribution in [0.1, 0.15) is 12.5 Å². The summed E-state index contributed by atoms with van der Waals surface area (Å²) in [4.78, 5) is 14.9. The molecule has 5 rings (SSSR count). The minimum absolute atomic E-state index is 0. The van der Waals surface area contributed by atoms with E-state index in [-0.39, 0.29) is 29.8 Å². The molecule has 1 unspecified atom stereocenters. The van der Waals surface area contributed by atoms with Crippen molar-refractivity contribution in [2.24, 2.45) is 4.99 Å². The maximum absolute atomic E-state index is 14.0. The van der Waals surface area contributed by atoms with Crippen LogP contribution in [0, 0.1) is 5.82 Å². The molecule has 0 aliphatic carbocycles. The lowest BCUT2D eigenvalue weighted by Crippen LogP contribution is -2.62. The van der Waals surface area contributed by atoms with Crippen molar-refractivity contribution in [3.8, 4) is 5.75 Å². The Morgan fingerprint density at radius 3 is 2.45 bits per heavy atom. The topological polar surface area (TPSA) is 46.6 Å². The number of benzene rings is 1. The standard InChI is InChI=1S/C22H35FN6O.HI/c1-3-24-22(25-15-19-17-27-6-10-28(19)11-7-27)29-12-8-26(9-13-29)16-18-4-5-21(30-2)20(23)14-18;/h4-5,14,19H,3,6-13,15-17H2,1-2H3,(H,24,25);1H. The van der Waals surface area contributed by atoms with Crippen LogP contribution >= 0.6 is 24.0 Å². The molecular formula is C22H36FIN6O. The van der Waals surface area contributed by atoms with Crippen molar-refractivity contribution in [1.29, 1.82) is 0 Å². The lowest BCUT2D eigenvalue weighted by Gasteiger charge is -2.47. The fourth-order valence-electron chi connectivity index (χ4n) is 4.70. The van der Waals surface area contributed by atoms with Gasteiger partial charge in [-0.25, -0.2) is 4.39 Å². The van der Waals surface area contributed by atoms with Gasteiger partial charge in [-0.1, -0.05) is 6.07 Å². The molecule has 4 fully saturated rings. The van der Waals surface area contributed by atoms with E-state index in [4.69, 9.17) is 9.73 Å². The zero-order chi connectivity index (χ0) is 20.9. The van der Waals surface area contributed by atoms with Crippen molar-refractivity contribution < 1.29 is 9.13 Å². The first-order valence-corrected chi connectivity index (χ1v) is 11.2. The number of hydrogen-bond acceptors (Lipinski definition) is 5. The average molecular weight is 546 g/mol. The van der Waals surface area contributed by atoms with Gasteiger partial charge >= 0.3 is 0 Å². The van der Waals surface area contributed by atoms with Gasteiger partial charge in [0.15, 0.2) is 17.5 Å². The molecule has 4 aliphatic rings. The highest BCUT2D eigenvalue weighted by Crippen LogP contribution is 2.19. The van der Waals surface area contributed by atoms with Crippen molar-refractivity contribution in [3.05, 3.63) is 29.6 Å². The number of rotatable bonds is 6. The Bertz CT molecular complexity index is 735. The van der Waals surface area contributed by atoms with E-state index < -0.39 is 0 Å². The Hall–Kier alpha value is -1.17. The highest BCUT2D eigenvalue weighted by atomic mass is 127. The van der Waals surface area contributed by atoms with Crippen molar-refractivity contribution in [1.82, 2.24) is 24.9 Å². The first-order valence-electron chi connectivity index (χ1n) is 11.2. The SMILES string of the molecule is CCNC(=NCC1CN2CCN1CC2)N1CCN(Cc2ccc(OC)c(F)c2)CC1.I. The summed E-state index contributed by atoms with van der Waals surface area (Å²) in [6.45, 7) is 14.3. The summed E-state index contributed by atoms with van der Waals surface area (Å²) in [5, 5.41) is 3.48. The number of halogens is 2. The van der Waals surface area contributed by atoms with E-state index in [9.17, 15) is 4.39 Å². The number of ether oxygens (including phenoxy) is 1. The van der Waals surface area contributed by atoms with Crippen LogP contribution in [0.25, 0.3) is 0 Å². The number of fused-ring (bicyclic) bond motifs is 3. The summed E-state index contributed by atoms with van der Waals surface area (Å²) in [5.41, 5.74) is 0.985. The first kappa shape index (κ1) is 24.5. The second-order valence-electron chi connectivity index (χ2n) is 8.42. The van der Waals surface area contributed by atoms with Gasteiger partial charge in [-0.2, -0.15) is 0 Å². The molecule has 174 valence electrons. The minimum Gasteiger partial charge on any atom is -0.494 e. The monoisotopic (exact) mass is 546 g/mol. The van der Waals surface area contributed by atoms with Crippen molar-refractivity contribution in [2.45, 2.75) is 19.5 Å². The zero-order valence-electron chi connectivity index (χ0n) is 18.7. The van der Waals surface area contributed by atoms with Gasteiger partial charge in [0, 0.05) is 78.0 Å². The van der Waals surface area contributed by atoms with Crippen LogP contribution in [0.5, 0.6) is 5.75 Å². The molecule has 0 aromatic heterocycles. The molecule has 9 heteroatoms. The Morgan fingerprint density at radius 1 is 1.13 bits per heavy atom. The Labute approximate surface area is 202 Å². The normalized spacial score (nSPS) is 26.5. The maximum Gasteiger partial charge on any atom is 0.194 e. The fourth-order valence-corrected chi connectivity index (χ4v) is 4.70. The number of nitrogens with zero attached hydrogens (tertiary/aromatic N) is 5. The largest absolute Gasteiger partial charge is 0.494 e. The van der Waals surface area contributed by atoms with Gasteiger partial charge in [0.05, 0.1) is 13.7 Å². The molecule has 1 aromatic rings. The fraction of sp³-hybridized carbons (Fsp3) is 0.682. The molecule has 7 nitrogen and oxygen atoms in total. The van der Waals surface area contributed by atoms with Gasteiger partial charge in [-0.3, -0.25) is 19.7 Å². The molecule has 4 saturated heterocycles. The maximum atomic E-state index is 14.0. The summed E-state index contributed by atoms with van der Waals surface area (Å²) in [5.74, 6) is 1.04. The van der Waals surface area contributed by atoms with Gasteiger partial charge < -0.3 is 15.0 Å². The number of guanidine groups is 1. The van der Waals surface area contributed by atoms with Crippen LogP contribution in [0.15, 0.2) is 23.2 Å². The lowest BCUT2D eigenvalue weighted by molar-refractivity contribution is 0.0173. The minimum atomic E-state index is -0.293. The van der Waals surface area contributed by atoms with E-state index in [1.165, 1.54) is 33.3 Å². The van der Waals surface area contributed by atoms with Gasteiger partial charge in [0.25, 0.3) is 0 Å². The zero-order valence-corrected chi connectivity index (χ0v) is 21.1. The summed E-state index contributed by atoms with van der Waals surface area (Å²) >= 11 is 0. The Balaban J connectivity index is 0.00000272. The Kier molecular flexibility index (Phi) is 9.18. The van der Waals surface area contributed by atoms with Crippen molar-refractivity contribution in [2.75, 3.05) is 79.1 Å². The average Bonchev–Trinajstić information content (AvgIpc) is 2.78. The van der Waals surface area contributed by atoms with Crippen molar-refractivity contribution >= 4 is 29.9 Å². The second-order valence-corrected chi connectivity index (χ2v) is 8.42. The third-order valence-corrected chi connectivity index (χ3v) is 6.47. The first-order chi connectivity index (χ1) is 14.7. The smallest absolute Gasteiger partial charge is 0.194 e. The van der Waals surface area contributed by atoms with E-state index in [2.05, 4.69) is 31.8 Å². The van der Waals surface area contributed by atoms with E-state index in [1.54, 1.807) is 12.1 Å². The van der Waals surface area contributed by atoms with Crippen LogP contribution in [0.3, 0.4) is 0 Å². The van der Waals surface area contributed by atoms with Crippen LogP contribution < -0.4 is 10.1 Å². The van der Waals surface area contributed by atoms with Crippen LogP contribution in [-0.2, 0) is 6.54 Å². The molecule has 4 aliphatic heterocycles. The Morgan fingerprint density at radius 2 is 1.87 bits per heavy atom. The number of piperazine rings is 4. The van der Waals surface area contributed by atoms with E-state index >= 15 is 0 Å². The third kappa shape index (κ3) is 6.21. The quantitative estimate of drug-likeness (QED) is 0.332. The van der Waals surface area contributed by atoms with E-state index in [0.717, 1.165) is 63.9 Å². The van der Waals surface area contributed by atoms with Crippen LogP contribution in [0.2, 0.25) is 0 Å². The van der Waals surface area contributed by atoms with Crippen LogP contribution in [-0.4, -0.2) is 111 Å². The summed E-state index contributed by atoms with van der Waals surface area (Å²) < 4.78 is 19.0. The number of methoxy groups -OCH3 is 1. The molecule has 1 N–H and O–H groups in total. The molecule has 0 amide bonds. The molecule has 1 atom stereocenters. The van der Waals surface area contributed by atoms with Gasteiger partial charge in [-0.15, -0.1) is 24.0 Å². The lowest BCUT2D eigenvalue weighted by atomic mass is 10.1. The molecule has 0 saturated carbocycles. The predicted molar refractivity (Wildman–Crippen MR) is 133 cm³/mol. The predicted octanol–water partition coefficient (Wildman–Crippen LogP) is 1.54. The van der Waals surface area contributed by atoms with E-state index in [1.807, 2.05) is 6.07 Å². The molecule has 1 aromatic carbocycles. The van der Waals surface area contributed by atoms with Gasteiger partial charge in [0.1, 0.15) is 0 Å². The number of aliphatic imine (C=N–C) groups is 1. The van der Waals surface area contributed by atoms with Crippen LogP contribution in [0.4, 0.5) is 4.39 Å². The molecular weight excluding hydrogens is 510 g/mol. The van der Waals surface area contributed by atoms with Crippen molar-refractivity contribution in [3.63, 3.8) is 0 Å². The highest BCUT2D eigenvalue weighted by molar-refractivity contribution is 14.0. The van der Waals surface area contributed by atoms with E-state index in [0.29, 0.717) is 11.8 Å². The van der Waals surface area contributed by atoms with Gasteiger partial charge in [0.2, 0.25) is 0 Å². The summed E-state index contributed by atoms with van der Waals surface area (Å²) in [6, 6.07) is 5.79. The number of nitrogens with one attached hydrogen (secondary N) is 1. The summed E-state index contributed by atoms with van der Waals surface area (Å²) in [6.07, 6.45) is 0. The molecule has 31 heavy (non-hydrogen) atoms.